The lowest BCUT2D eigenvalue weighted by molar-refractivity contribution is 1.07. The van der Waals surface area contributed by atoms with Gasteiger partial charge in [-0.1, -0.05) is 24.3 Å². The van der Waals surface area contributed by atoms with Crippen LogP contribution in [0.5, 0.6) is 0 Å². The molecule has 122 valence electrons. The van der Waals surface area contributed by atoms with Crippen molar-refractivity contribution in [3.8, 4) is 0 Å². The Balaban J connectivity index is 1.53. The van der Waals surface area contributed by atoms with Crippen LogP contribution in [0.25, 0.3) is 10.9 Å². The number of nitrogens with zero attached hydrogens (tertiary/aromatic N) is 4. The van der Waals surface area contributed by atoms with Crippen LogP contribution in [0, 0.1) is 0 Å². The first-order valence-corrected chi connectivity index (χ1v) is 7.95. The van der Waals surface area contributed by atoms with Gasteiger partial charge in [-0.25, -0.2) is 4.98 Å². The van der Waals surface area contributed by atoms with Gasteiger partial charge in [0.1, 0.15) is 5.82 Å². The van der Waals surface area contributed by atoms with Crippen LogP contribution in [-0.4, -0.2) is 19.9 Å². The largest absolute Gasteiger partial charge is 0.366 e. The molecular weight excluding hydrogens is 312 g/mol. The van der Waals surface area contributed by atoms with Crippen molar-refractivity contribution in [2.24, 2.45) is 0 Å². The third kappa shape index (κ3) is 3.53. The molecule has 0 saturated carbocycles. The molecule has 6 nitrogen and oxygen atoms in total. The highest BCUT2D eigenvalue weighted by atomic mass is 15.1. The molecule has 3 heterocycles. The lowest BCUT2D eigenvalue weighted by atomic mass is 10.2. The zero-order valence-electron chi connectivity index (χ0n) is 13.4. The highest BCUT2D eigenvalue weighted by Gasteiger charge is 2.05. The molecule has 0 unspecified atom stereocenters. The van der Waals surface area contributed by atoms with Crippen molar-refractivity contribution in [3.63, 3.8) is 0 Å². The predicted molar refractivity (Wildman–Crippen MR) is 98.6 cm³/mol. The molecule has 0 bridgehead atoms. The van der Waals surface area contributed by atoms with E-state index >= 15 is 0 Å². The number of para-hydroxylation sites is 1. The number of anilines is 3. The van der Waals surface area contributed by atoms with Crippen LogP contribution in [0.2, 0.25) is 0 Å². The minimum atomic E-state index is 0.523. The van der Waals surface area contributed by atoms with Crippen LogP contribution < -0.4 is 10.6 Å². The summed E-state index contributed by atoms with van der Waals surface area (Å²) in [6.07, 6.45) is 7.09. The molecule has 2 N–H and O–H groups in total. The number of hydrogen-bond donors (Lipinski definition) is 2. The first-order valence-electron chi connectivity index (χ1n) is 7.95. The van der Waals surface area contributed by atoms with Gasteiger partial charge in [-0.05, 0) is 29.8 Å². The van der Waals surface area contributed by atoms with E-state index in [2.05, 4.69) is 30.6 Å². The summed E-state index contributed by atoms with van der Waals surface area (Å²) in [7, 11) is 0. The van der Waals surface area contributed by atoms with E-state index in [9.17, 15) is 0 Å². The van der Waals surface area contributed by atoms with Gasteiger partial charge in [0, 0.05) is 36.7 Å². The van der Waals surface area contributed by atoms with Gasteiger partial charge in [0.05, 0.1) is 11.2 Å². The molecule has 6 heteroatoms. The van der Waals surface area contributed by atoms with Gasteiger partial charge >= 0.3 is 0 Å². The molecule has 3 aromatic heterocycles. The maximum Gasteiger partial charge on any atom is 0.229 e. The van der Waals surface area contributed by atoms with Crippen LogP contribution in [-0.2, 0) is 6.54 Å². The molecule has 25 heavy (non-hydrogen) atoms. The molecule has 0 atom stereocenters. The Kier molecular flexibility index (Phi) is 4.16. The number of nitrogens with one attached hydrogen (secondary N) is 2. The SMILES string of the molecule is c1cncc(CNc2ccnc(Nc3cccc4cccnc34)n2)c1. The van der Waals surface area contributed by atoms with Gasteiger partial charge in [0.2, 0.25) is 5.95 Å². The number of hydrogen-bond acceptors (Lipinski definition) is 6. The molecular formula is C19H16N6. The molecule has 0 saturated heterocycles. The topological polar surface area (TPSA) is 75.6 Å². The van der Waals surface area contributed by atoms with E-state index in [1.807, 2.05) is 54.7 Å². The standard InChI is InChI=1S/C19H16N6/c1-5-15-6-3-10-21-18(15)16(7-1)24-19-22-11-8-17(25-19)23-13-14-4-2-9-20-12-14/h1-12H,13H2,(H2,22,23,24,25). The Morgan fingerprint density at radius 1 is 0.840 bits per heavy atom. The second kappa shape index (κ2) is 6.92. The fourth-order valence-electron chi connectivity index (χ4n) is 2.54. The summed E-state index contributed by atoms with van der Waals surface area (Å²) < 4.78 is 0. The summed E-state index contributed by atoms with van der Waals surface area (Å²) in [5.74, 6) is 1.27. The average Bonchev–Trinajstić information content (AvgIpc) is 2.68. The summed E-state index contributed by atoms with van der Waals surface area (Å²) in [4.78, 5) is 17.3. The maximum atomic E-state index is 4.51. The normalized spacial score (nSPS) is 10.6. The molecule has 0 aliphatic carbocycles. The summed E-state index contributed by atoms with van der Waals surface area (Å²) in [5, 5.41) is 7.59. The van der Waals surface area contributed by atoms with Gasteiger partial charge in [0.15, 0.2) is 0 Å². The van der Waals surface area contributed by atoms with Crippen molar-refractivity contribution in [1.29, 1.82) is 0 Å². The molecule has 0 amide bonds. The summed E-state index contributed by atoms with van der Waals surface area (Å²) in [5.41, 5.74) is 2.86. The first kappa shape index (κ1) is 15.0. The second-order valence-electron chi connectivity index (χ2n) is 5.49. The Labute approximate surface area is 145 Å². The molecule has 0 radical (unpaired) electrons. The number of pyridine rings is 2. The molecule has 4 aromatic rings. The summed E-state index contributed by atoms with van der Waals surface area (Å²) in [6.45, 7) is 0.653. The van der Waals surface area contributed by atoms with Gasteiger partial charge in [0.25, 0.3) is 0 Å². The highest BCUT2D eigenvalue weighted by Crippen LogP contribution is 2.23. The first-order chi connectivity index (χ1) is 12.4. The Morgan fingerprint density at radius 3 is 2.68 bits per heavy atom. The summed E-state index contributed by atoms with van der Waals surface area (Å²) in [6, 6.07) is 15.7. The van der Waals surface area contributed by atoms with E-state index in [1.165, 1.54) is 0 Å². The Hall–Kier alpha value is -3.54. The number of aromatic nitrogens is 4. The van der Waals surface area contributed by atoms with Crippen LogP contribution in [0.1, 0.15) is 5.56 Å². The molecule has 0 aliphatic heterocycles. The molecule has 0 aliphatic rings. The maximum absolute atomic E-state index is 4.51. The minimum absolute atomic E-state index is 0.523. The van der Waals surface area contributed by atoms with E-state index < -0.39 is 0 Å². The van der Waals surface area contributed by atoms with Crippen LogP contribution in [0.15, 0.2) is 73.3 Å². The zero-order chi connectivity index (χ0) is 16.9. The number of rotatable bonds is 5. The minimum Gasteiger partial charge on any atom is -0.366 e. The lowest BCUT2D eigenvalue weighted by Crippen LogP contribution is -2.04. The third-order valence-electron chi connectivity index (χ3n) is 3.73. The summed E-state index contributed by atoms with van der Waals surface area (Å²) >= 11 is 0. The number of benzene rings is 1. The van der Waals surface area contributed by atoms with Crippen molar-refractivity contribution >= 4 is 28.4 Å². The zero-order valence-corrected chi connectivity index (χ0v) is 13.4. The van der Waals surface area contributed by atoms with Crippen LogP contribution in [0.3, 0.4) is 0 Å². The van der Waals surface area contributed by atoms with Gasteiger partial charge in [-0.2, -0.15) is 4.98 Å². The lowest BCUT2D eigenvalue weighted by Gasteiger charge is -2.09. The van der Waals surface area contributed by atoms with Crippen LogP contribution >= 0.6 is 0 Å². The smallest absolute Gasteiger partial charge is 0.229 e. The molecule has 4 rings (SSSR count). The number of fused-ring (bicyclic) bond motifs is 1. The van der Waals surface area contributed by atoms with E-state index in [1.54, 1.807) is 18.6 Å². The van der Waals surface area contributed by atoms with Gasteiger partial charge in [-0.3, -0.25) is 9.97 Å². The van der Waals surface area contributed by atoms with E-state index in [4.69, 9.17) is 0 Å². The Morgan fingerprint density at radius 2 is 1.76 bits per heavy atom. The van der Waals surface area contributed by atoms with Crippen molar-refractivity contribution in [2.75, 3.05) is 10.6 Å². The van der Waals surface area contributed by atoms with Crippen molar-refractivity contribution < 1.29 is 0 Å². The average molecular weight is 328 g/mol. The third-order valence-corrected chi connectivity index (χ3v) is 3.73. The van der Waals surface area contributed by atoms with E-state index in [0.717, 1.165) is 28.0 Å². The Bertz CT molecular complexity index is 982. The van der Waals surface area contributed by atoms with Gasteiger partial charge < -0.3 is 10.6 Å². The molecule has 0 fully saturated rings. The quantitative estimate of drug-likeness (QED) is 0.581. The molecule has 1 aromatic carbocycles. The predicted octanol–water partition coefficient (Wildman–Crippen LogP) is 3.78. The van der Waals surface area contributed by atoms with Gasteiger partial charge in [-0.15, -0.1) is 0 Å². The van der Waals surface area contributed by atoms with Crippen molar-refractivity contribution in [1.82, 2.24) is 19.9 Å². The van der Waals surface area contributed by atoms with Crippen LogP contribution in [0.4, 0.5) is 17.5 Å². The second-order valence-corrected chi connectivity index (χ2v) is 5.49. The monoisotopic (exact) mass is 328 g/mol. The highest BCUT2D eigenvalue weighted by molar-refractivity contribution is 5.91. The van der Waals surface area contributed by atoms with Crippen molar-refractivity contribution in [2.45, 2.75) is 6.54 Å². The fraction of sp³-hybridized carbons (Fsp3) is 0.0526. The fourth-order valence-corrected chi connectivity index (χ4v) is 2.54. The van der Waals surface area contributed by atoms with Crippen molar-refractivity contribution in [3.05, 3.63) is 78.9 Å². The van der Waals surface area contributed by atoms with E-state index in [-0.39, 0.29) is 0 Å². The van der Waals surface area contributed by atoms with E-state index in [0.29, 0.717) is 12.5 Å². The molecule has 0 spiro atoms.